The molecular weight excluding hydrogens is 302 g/mol. The van der Waals surface area contributed by atoms with Gasteiger partial charge in [0.05, 0.1) is 6.61 Å². The Bertz CT molecular complexity index is 622. The molecule has 21 heavy (non-hydrogen) atoms. The monoisotopic (exact) mass is 320 g/mol. The fourth-order valence-electron chi connectivity index (χ4n) is 2.40. The second-order valence-corrected chi connectivity index (χ2v) is 7.05. The average Bonchev–Trinajstić information content (AvgIpc) is 2.85. The van der Waals surface area contributed by atoms with Crippen LogP contribution in [0.15, 0.2) is 17.0 Å². The third-order valence-electron chi connectivity index (χ3n) is 3.58. The molecule has 1 atom stereocenters. The van der Waals surface area contributed by atoms with Crippen LogP contribution in [0.3, 0.4) is 0 Å². The van der Waals surface area contributed by atoms with Crippen molar-refractivity contribution in [3.8, 4) is 0 Å². The van der Waals surface area contributed by atoms with Crippen molar-refractivity contribution in [1.29, 1.82) is 0 Å². The van der Waals surface area contributed by atoms with Crippen LogP contribution in [0.25, 0.3) is 0 Å². The van der Waals surface area contributed by atoms with E-state index >= 15 is 0 Å². The van der Waals surface area contributed by atoms with E-state index in [4.69, 9.17) is 5.11 Å². The van der Waals surface area contributed by atoms with Crippen molar-refractivity contribution >= 4 is 10.0 Å². The van der Waals surface area contributed by atoms with E-state index in [1.807, 2.05) is 7.05 Å². The van der Waals surface area contributed by atoms with Gasteiger partial charge in [0.15, 0.2) is 11.6 Å². The van der Waals surface area contributed by atoms with E-state index in [1.54, 1.807) is 0 Å². The van der Waals surface area contributed by atoms with Gasteiger partial charge in [-0.05, 0) is 43.6 Å². The third kappa shape index (κ3) is 3.76. The molecule has 1 aromatic carbocycles. The summed E-state index contributed by atoms with van der Waals surface area (Å²) in [4.78, 5) is 1.31. The zero-order chi connectivity index (χ0) is 15.6. The van der Waals surface area contributed by atoms with Gasteiger partial charge in [0, 0.05) is 13.1 Å². The number of benzene rings is 1. The number of hydrogen-bond donors (Lipinski definition) is 2. The minimum absolute atomic E-state index is 0.00914. The summed E-state index contributed by atoms with van der Waals surface area (Å²) in [5, 5.41) is 8.96. The molecule has 8 heteroatoms. The van der Waals surface area contributed by atoms with Crippen LogP contribution in [0, 0.1) is 17.6 Å². The van der Waals surface area contributed by atoms with Crippen LogP contribution in [0.2, 0.25) is 0 Å². The van der Waals surface area contributed by atoms with E-state index < -0.39 is 33.2 Å². The second-order valence-electron chi connectivity index (χ2n) is 5.32. The van der Waals surface area contributed by atoms with Crippen LogP contribution in [0.4, 0.5) is 8.78 Å². The maximum Gasteiger partial charge on any atom is 0.243 e. The van der Waals surface area contributed by atoms with Gasteiger partial charge < -0.3 is 10.0 Å². The van der Waals surface area contributed by atoms with E-state index in [-0.39, 0.29) is 18.0 Å². The zero-order valence-electron chi connectivity index (χ0n) is 11.6. The first-order valence-corrected chi connectivity index (χ1v) is 8.09. The van der Waals surface area contributed by atoms with E-state index in [0.29, 0.717) is 0 Å². The van der Waals surface area contributed by atoms with E-state index in [0.717, 1.165) is 31.6 Å². The van der Waals surface area contributed by atoms with Crippen molar-refractivity contribution in [2.24, 2.45) is 5.92 Å². The highest BCUT2D eigenvalue weighted by atomic mass is 32.2. The summed E-state index contributed by atoms with van der Waals surface area (Å²) in [7, 11) is -2.21. The molecule has 1 aliphatic rings. The number of halogens is 2. The summed E-state index contributed by atoms with van der Waals surface area (Å²) in [5.41, 5.74) is 0.00914. The number of nitrogens with one attached hydrogen (secondary N) is 1. The quantitative estimate of drug-likeness (QED) is 0.837. The Hall–Kier alpha value is -1.09. The molecule has 1 heterocycles. The normalized spacial score (nSPS) is 20.1. The van der Waals surface area contributed by atoms with Gasteiger partial charge in [-0.15, -0.1) is 0 Å². The lowest BCUT2D eigenvalue weighted by atomic mass is 10.1. The zero-order valence-corrected chi connectivity index (χ0v) is 12.5. The topological polar surface area (TPSA) is 69.6 Å². The predicted octanol–water partition coefficient (Wildman–Crippen LogP) is 0.687. The first-order valence-electron chi connectivity index (χ1n) is 6.60. The van der Waals surface area contributed by atoms with Crippen LogP contribution in [0.1, 0.15) is 12.0 Å². The Balaban J connectivity index is 2.17. The Morgan fingerprint density at radius 1 is 1.43 bits per heavy atom. The maximum atomic E-state index is 13.7. The number of rotatable bonds is 5. The van der Waals surface area contributed by atoms with Gasteiger partial charge >= 0.3 is 0 Å². The molecule has 1 aliphatic heterocycles. The number of sulfonamides is 1. The average molecular weight is 320 g/mol. The van der Waals surface area contributed by atoms with Gasteiger partial charge in [0.25, 0.3) is 0 Å². The first-order chi connectivity index (χ1) is 9.83. The molecule has 0 aromatic heterocycles. The third-order valence-corrected chi connectivity index (χ3v) is 5.00. The van der Waals surface area contributed by atoms with Crippen LogP contribution >= 0.6 is 0 Å². The summed E-state index contributed by atoms with van der Waals surface area (Å²) >= 11 is 0. The summed E-state index contributed by atoms with van der Waals surface area (Å²) in [6, 6.07) is 1.72. The Morgan fingerprint density at radius 3 is 2.71 bits per heavy atom. The van der Waals surface area contributed by atoms with Crippen molar-refractivity contribution < 1.29 is 22.3 Å². The molecule has 0 aliphatic carbocycles. The van der Waals surface area contributed by atoms with Crippen molar-refractivity contribution in [3.63, 3.8) is 0 Å². The molecule has 5 nitrogen and oxygen atoms in total. The maximum absolute atomic E-state index is 13.7. The van der Waals surface area contributed by atoms with E-state index in [9.17, 15) is 17.2 Å². The number of aliphatic hydroxyl groups is 1. The van der Waals surface area contributed by atoms with Crippen molar-refractivity contribution in [2.45, 2.75) is 17.9 Å². The molecule has 0 bridgehead atoms. The standard InChI is InChI=1S/C13H18F2N2O3S/c1-17-3-2-9(7-17)6-16-21(19,20)12-5-10(8-18)4-11(14)13(12)15/h4-5,9,16,18H,2-3,6-8H2,1H3. The Labute approximate surface area is 122 Å². The molecule has 1 saturated heterocycles. The summed E-state index contributed by atoms with van der Waals surface area (Å²) < 4.78 is 53.6. The van der Waals surface area contributed by atoms with E-state index in [2.05, 4.69) is 9.62 Å². The fraction of sp³-hybridized carbons (Fsp3) is 0.538. The highest BCUT2D eigenvalue weighted by molar-refractivity contribution is 7.89. The molecule has 0 saturated carbocycles. The van der Waals surface area contributed by atoms with Crippen LogP contribution in [-0.4, -0.2) is 45.1 Å². The summed E-state index contributed by atoms with van der Waals surface area (Å²) in [5.74, 6) is -2.57. The Kier molecular flexibility index (Phi) is 4.92. The molecular formula is C13H18F2N2O3S. The number of aliphatic hydroxyl groups excluding tert-OH is 1. The highest BCUT2D eigenvalue weighted by Gasteiger charge is 2.26. The highest BCUT2D eigenvalue weighted by Crippen LogP contribution is 2.21. The largest absolute Gasteiger partial charge is 0.392 e. The van der Waals surface area contributed by atoms with Gasteiger partial charge in [0.2, 0.25) is 10.0 Å². The fourth-order valence-corrected chi connectivity index (χ4v) is 3.65. The predicted molar refractivity (Wildman–Crippen MR) is 73.1 cm³/mol. The van der Waals surface area contributed by atoms with Crippen molar-refractivity contribution in [3.05, 3.63) is 29.3 Å². The van der Waals surface area contributed by atoms with Crippen LogP contribution in [0.5, 0.6) is 0 Å². The smallest absolute Gasteiger partial charge is 0.243 e. The molecule has 2 N–H and O–H groups in total. The van der Waals surface area contributed by atoms with Gasteiger partial charge in [-0.25, -0.2) is 21.9 Å². The van der Waals surface area contributed by atoms with Gasteiger partial charge in [-0.1, -0.05) is 0 Å². The SMILES string of the molecule is CN1CCC(CNS(=O)(=O)c2cc(CO)cc(F)c2F)C1. The van der Waals surface area contributed by atoms with Crippen LogP contribution in [-0.2, 0) is 16.6 Å². The molecule has 1 fully saturated rings. The molecule has 1 unspecified atom stereocenters. The van der Waals surface area contributed by atoms with Crippen LogP contribution < -0.4 is 4.72 Å². The second kappa shape index (κ2) is 6.35. The summed E-state index contributed by atoms with van der Waals surface area (Å²) in [6.07, 6.45) is 0.854. The van der Waals surface area contributed by atoms with Gasteiger partial charge in [-0.3, -0.25) is 0 Å². The van der Waals surface area contributed by atoms with Crippen molar-refractivity contribution in [2.75, 3.05) is 26.7 Å². The summed E-state index contributed by atoms with van der Waals surface area (Å²) in [6.45, 7) is 1.26. The molecule has 1 aromatic rings. The number of likely N-dealkylation sites (tertiary alicyclic amines) is 1. The lowest BCUT2D eigenvalue weighted by Crippen LogP contribution is -2.31. The van der Waals surface area contributed by atoms with Gasteiger partial charge in [-0.2, -0.15) is 0 Å². The number of hydrogen-bond acceptors (Lipinski definition) is 4. The Morgan fingerprint density at radius 2 is 2.14 bits per heavy atom. The molecule has 0 spiro atoms. The molecule has 2 rings (SSSR count). The lowest BCUT2D eigenvalue weighted by molar-refractivity contribution is 0.280. The molecule has 0 amide bonds. The minimum Gasteiger partial charge on any atom is -0.392 e. The minimum atomic E-state index is -4.15. The van der Waals surface area contributed by atoms with Crippen molar-refractivity contribution in [1.82, 2.24) is 9.62 Å². The lowest BCUT2D eigenvalue weighted by Gasteiger charge is -2.13. The number of nitrogens with zero attached hydrogens (tertiary/aromatic N) is 1. The first kappa shape index (κ1) is 16.3. The van der Waals surface area contributed by atoms with Gasteiger partial charge in [0.1, 0.15) is 4.90 Å². The molecule has 118 valence electrons. The molecule has 0 radical (unpaired) electrons. The van der Waals surface area contributed by atoms with E-state index in [1.165, 1.54) is 0 Å².